The van der Waals surface area contributed by atoms with E-state index in [-0.39, 0.29) is 12.7 Å². The first-order valence-electron chi connectivity index (χ1n) is 16.5. The normalized spacial score (nSPS) is 15.2. The molecular weight excluding hydrogens is 650 g/mol. The van der Waals surface area contributed by atoms with Crippen molar-refractivity contribution < 1.29 is 27.8 Å². The summed E-state index contributed by atoms with van der Waals surface area (Å²) in [5, 5.41) is 11.8. The fraction of sp³-hybridized carbons (Fsp3) is 0.342. The van der Waals surface area contributed by atoms with E-state index in [0.717, 1.165) is 74.9 Å². The number of aliphatic imine (C=N–C) groups is 1. The molecule has 2 aliphatic rings. The molecule has 11 heteroatoms. The lowest BCUT2D eigenvalue weighted by atomic mass is 10.1. The molecule has 4 aromatic rings. The number of fused-ring (bicyclic) bond motifs is 2. The van der Waals surface area contributed by atoms with Crippen LogP contribution in [0.2, 0.25) is 0 Å². The third kappa shape index (κ3) is 10.6. The van der Waals surface area contributed by atoms with Crippen LogP contribution in [0.5, 0.6) is 5.75 Å². The maximum atomic E-state index is 12.6. The molecule has 0 radical (unpaired) electrons. The van der Waals surface area contributed by atoms with Gasteiger partial charge in [0.25, 0.3) is 0 Å². The number of ether oxygens (including phenoxy) is 2. The van der Waals surface area contributed by atoms with E-state index in [1.54, 1.807) is 11.8 Å². The Morgan fingerprint density at radius 1 is 0.837 bits per heavy atom. The fourth-order valence-electron chi connectivity index (χ4n) is 5.58. The van der Waals surface area contributed by atoms with Crippen molar-refractivity contribution in [2.45, 2.75) is 28.5 Å². The van der Waals surface area contributed by atoms with Crippen molar-refractivity contribution >= 4 is 23.3 Å². The first kappa shape index (κ1) is 36.4. The summed E-state index contributed by atoms with van der Waals surface area (Å²) in [4.78, 5) is 12.4. The number of piperazine rings is 1. The van der Waals surface area contributed by atoms with Crippen LogP contribution >= 0.6 is 11.8 Å². The first-order valence-corrected chi connectivity index (χ1v) is 17.3. The number of hydrogen-bond donors (Lipinski definition) is 2. The van der Waals surface area contributed by atoms with Crippen LogP contribution in [-0.4, -0.2) is 86.9 Å². The molecule has 0 saturated carbocycles. The molecule has 7 nitrogen and oxygen atoms in total. The lowest BCUT2D eigenvalue weighted by Crippen LogP contribution is -2.49. The Morgan fingerprint density at radius 3 is 2.20 bits per heavy atom. The summed E-state index contributed by atoms with van der Waals surface area (Å²) in [6, 6.07) is 31.4. The fourth-order valence-corrected chi connectivity index (χ4v) is 6.59. The maximum Gasteiger partial charge on any atom is 0.416 e. The number of aliphatic hydroxyl groups excluding tert-OH is 1. The van der Waals surface area contributed by atoms with E-state index in [4.69, 9.17) is 19.6 Å². The van der Waals surface area contributed by atoms with Gasteiger partial charge in [0, 0.05) is 54.5 Å². The quantitative estimate of drug-likeness (QED) is 0.160. The Kier molecular flexibility index (Phi) is 13.5. The monoisotopic (exact) mass is 692 g/mol. The minimum Gasteiger partial charge on any atom is -0.486 e. The Balaban J connectivity index is 0.000000196. The van der Waals surface area contributed by atoms with E-state index in [9.17, 15) is 13.2 Å². The van der Waals surface area contributed by atoms with Crippen molar-refractivity contribution in [3.8, 4) is 5.75 Å². The molecule has 49 heavy (non-hydrogen) atoms. The summed E-state index contributed by atoms with van der Waals surface area (Å²) < 4.78 is 49.0. The number of aliphatic hydroxyl groups is 1. The summed E-state index contributed by atoms with van der Waals surface area (Å²) in [6.07, 6.45) is -3.81. The topological polar surface area (TPSA) is 69.6 Å². The van der Waals surface area contributed by atoms with E-state index >= 15 is 0 Å². The van der Waals surface area contributed by atoms with Crippen LogP contribution in [0.1, 0.15) is 29.2 Å². The van der Waals surface area contributed by atoms with Gasteiger partial charge in [-0.1, -0.05) is 72.4 Å². The highest BCUT2D eigenvalue weighted by Gasteiger charge is 2.30. The van der Waals surface area contributed by atoms with Crippen LogP contribution in [0.25, 0.3) is 0 Å². The predicted octanol–water partition coefficient (Wildman–Crippen LogP) is 7.29. The van der Waals surface area contributed by atoms with Crippen LogP contribution in [0.15, 0.2) is 118 Å². The van der Waals surface area contributed by atoms with Crippen molar-refractivity contribution in [3.63, 3.8) is 0 Å². The summed E-state index contributed by atoms with van der Waals surface area (Å²) in [5.74, 6) is 1.51. The zero-order valence-corrected chi connectivity index (χ0v) is 28.4. The van der Waals surface area contributed by atoms with Crippen molar-refractivity contribution in [1.29, 1.82) is 0 Å². The molecule has 1 saturated heterocycles. The van der Waals surface area contributed by atoms with Crippen LogP contribution in [0.4, 0.5) is 18.9 Å². The third-order valence-electron chi connectivity index (χ3n) is 8.19. The highest BCUT2D eigenvalue weighted by Crippen LogP contribution is 2.40. The summed E-state index contributed by atoms with van der Waals surface area (Å²) in [6.45, 7) is 6.76. The van der Waals surface area contributed by atoms with Crippen LogP contribution in [0, 0.1) is 0 Å². The second kappa shape index (κ2) is 18.2. The van der Waals surface area contributed by atoms with Gasteiger partial charge >= 0.3 is 6.18 Å². The lowest BCUT2D eigenvalue weighted by Gasteiger charge is -2.36. The Morgan fingerprint density at radius 2 is 1.51 bits per heavy atom. The number of rotatable bonds is 11. The van der Waals surface area contributed by atoms with E-state index in [1.165, 1.54) is 27.5 Å². The Bertz CT molecular complexity index is 1610. The molecule has 2 heterocycles. The summed E-state index contributed by atoms with van der Waals surface area (Å²) >= 11 is 1.80. The van der Waals surface area contributed by atoms with Gasteiger partial charge in [-0.25, -0.2) is 4.99 Å². The number of amidine groups is 1. The largest absolute Gasteiger partial charge is 0.486 e. The highest BCUT2D eigenvalue weighted by atomic mass is 32.2. The molecule has 2 N–H and O–H groups in total. The number of nitrogens with one attached hydrogen (secondary N) is 1. The molecule has 1 atom stereocenters. The number of halogens is 3. The number of benzene rings is 4. The molecule has 260 valence electrons. The van der Waals surface area contributed by atoms with Gasteiger partial charge in [0.05, 0.1) is 31.1 Å². The molecule has 1 fully saturated rings. The predicted molar refractivity (Wildman–Crippen MR) is 189 cm³/mol. The average molecular weight is 693 g/mol. The van der Waals surface area contributed by atoms with Gasteiger partial charge in [-0.15, -0.1) is 0 Å². The molecule has 0 amide bonds. The zero-order chi connectivity index (χ0) is 34.5. The van der Waals surface area contributed by atoms with Crippen LogP contribution in [0.3, 0.4) is 0 Å². The van der Waals surface area contributed by atoms with Gasteiger partial charge in [-0.05, 0) is 61.6 Å². The van der Waals surface area contributed by atoms with Gasteiger partial charge in [0.1, 0.15) is 17.7 Å². The van der Waals surface area contributed by atoms with Crippen molar-refractivity contribution in [1.82, 2.24) is 15.1 Å². The Labute approximate surface area is 290 Å². The Hall–Kier alpha value is -3.87. The molecule has 1 unspecified atom stereocenters. The summed E-state index contributed by atoms with van der Waals surface area (Å²) in [5.41, 5.74) is 2.59. The van der Waals surface area contributed by atoms with Gasteiger partial charge in [0.15, 0.2) is 0 Å². The van der Waals surface area contributed by atoms with Crippen LogP contribution in [-0.2, 0) is 10.9 Å². The minimum absolute atomic E-state index is 0.0898. The van der Waals surface area contributed by atoms with Gasteiger partial charge < -0.3 is 24.8 Å². The molecule has 0 aliphatic carbocycles. The van der Waals surface area contributed by atoms with Gasteiger partial charge in [0.2, 0.25) is 0 Å². The second-order valence-electron chi connectivity index (χ2n) is 11.6. The SMILES string of the molecule is CNCCC(Oc1ccc(C(F)(F)F)cc1)c1ccccc1.OCCOCCN1CCN(C2=Nc3ccccc3Sc3ccccc32)CC1. The second-order valence-corrected chi connectivity index (χ2v) is 12.7. The standard InChI is InChI=1S/C21H25N3O2S.C17H18F3NO/c25-14-16-26-15-13-23-9-11-24(12-10-23)21-17-5-1-3-7-19(17)27-20-8-4-2-6-18(20)22-21;1-21-12-11-16(13-5-3-2-4-6-13)22-15-9-7-14(8-10-15)17(18,19)20/h1-8,25H,9-16H2;2-10,16,21H,11-12H2,1H3. The van der Waals surface area contributed by atoms with E-state index in [0.29, 0.717) is 19.0 Å². The van der Waals surface area contributed by atoms with Crippen LogP contribution < -0.4 is 10.1 Å². The molecule has 0 bridgehead atoms. The van der Waals surface area contributed by atoms with Gasteiger partial charge in [-0.2, -0.15) is 13.2 Å². The summed E-state index contributed by atoms with van der Waals surface area (Å²) in [7, 11) is 1.85. The van der Waals surface area contributed by atoms with Crippen molar-refractivity contribution in [3.05, 3.63) is 120 Å². The van der Waals surface area contributed by atoms with E-state index in [2.05, 4.69) is 63.6 Å². The van der Waals surface area contributed by atoms with Crippen molar-refractivity contribution in [2.75, 3.05) is 66.1 Å². The smallest absolute Gasteiger partial charge is 0.416 e. The zero-order valence-electron chi connectivity index (χ0n) is 27.6. The average Bonchev–Trinajstić information content (AvgIpc) is 3.30. The first-order chi connectivity index (χ1) is 23.9. The maximum absolute atomic E-state index is 12.6. The van der Waals surface area contributed by atoms with E-state index in [1.807, 2.05) is 37.4 Å². The molecule has 0 spiro atoms. The number of hydrogen-bond acceptors (Lipinski definition) is 8. The van der Waals surface area contributed by atoms with Crippen molar-refractivity contribution in [2.24, 2.45) is 4.99 Å². The number of para-hydroxylation sites is 1. The minimum atomic E-state index is -4.33. The molecule has 4 aromatic carbocycles. The van der Waals surface area contributed by atoms with Gasteiger partial charge in [-0.3, -0.25) is 4.90 Å². The number of alkyl halides is 3. The molecular formula is C38H43F3N4O3S. The highest BCUT2D eigenvalue weighted by molar-refractivity contribution is 7.99. The number of nitrogens with zero attached hydrogens (tertiary/aromatic N) is 3. The molecule has 2 aliphatic heterocycles. The lowest BCUT2D eigenvalue weighted by molar-refractivity contribution is -0.137. The molecule has 6 rings (SSSR count). The van der Waals surface area contributed by atoms with E-state index < -0.39 is 11.7 Å². The molecule has 0 aromatic heterocycles. The third-order valence-corrected chi connectivity index (χ3v) is 9.33.